The molecule has 0 N–H and O–H groups in total. The number of pyridine rings is 1. The molecule has 4 rings (SSSR count). The number of hydrogen-bond acceptors (Lipinski definition) is 6. The van der Waals surface area contributed by atoms with Crippen molar-refractivity contribution in [2.45, 2.75) is 12.3 Å². The molecule has 4 heterocycles. The molecule has 2 aromatic heterocycles. The van der Waals surface area contributed by atoms with E-state index in [9.17, 15) is 4.79 Å². The molecule has 2 saturated heterocycles. The lowest BCUT2D eigenvalue weighted by Gasteiger charge is -2.32. The van der Waals surface area contributed by atoms with Gasteiger partial charge < -0.3 is 19.4 Å². The van der Waals surface area contributed by atoms with Gasteiger partial charge in [-0.05, 0) is 32.1 Å². The molecule has 2 aliphatic rings. The highest BCUT2D eigenvalue weighted by atomic mass is 16.5. The Morgan fingerprint density at radius 3 is 2.78 bits per heavy atom. The first kappa shape index (κ1) is 18.3. The molecule has 0 radical (unpaired) electrons. The van der Waals surface area contributed by atoms with Gasteiger partial charge in [-0.25, -0.2) is 0 Å². The summed E-state index contributed by atoms with van der Waals surface area (Å²) in [5, 5.41) is 8.75. The summed E-state index contributed by atoms with van der Waals surface area (Å²) in [6.07, 6.45) is 2.98. The number of hydrogen-bond donors (Lipinski definition) is 0. The van der Waals surface area contributed by atoms with Gasteiger partial charge in [-0.2, -0.15) is 0 Å². The molecular formula is C19H28N6O2. The minimum absolute atomic E-state index is 0.0952. The number of likely N-dealkylation sites (N-methyl/N-ethyl adjacent to an activating group) is 1. The number of rotatable bonds is 5. The van der Waals surface area contributed by atoms with E-state index in [0.29, 0.717) is 11.5 Å². The molecule has 8 heteroatoms. The zero-order valence-electron chi connectivity index (χ0n) is 16.2. The molecule has 2 fully saturated rings. The number of ether oxygens (including phenoxy) is 1. The average molecular weight is 372 g/mol. The van der Waals surface area contributed by atoms with Crippen molar-refractivity contribution in [2.75, 3.05) is 66.6 Å². The number of fused-ring (bicyclic) bond motifs is 1. The maximum absolute atomic E-state index is 12.9. The highest BCUT2D eigenvalue weighted by molar-refractivity contribution is 5.94. The fourth-order valence-corrected chi connectivity index (χ4v) is 3.97. The van der Waals surface area contributed by atoms with Crippen LogP contribution >= 0.6 is 0 Å². The van der Waals surface area contributed by atoms with Crippen molar-refractivity contribution >= 4 is 11.6 Å². The van der Waals surface area contributed by atoms with Crippen molar-refractivity contribution in [3.05, 3.63) is 29.7 Å². The van der Waals surface area contributed by atoms with E-state index < -0.39 is 0 Å². The topological polar surface area (TPSA) is 66.2 Å². The summed E-state index contributed by atoms with van der Waals surface area (Å²) in [6, 6.07) is 3.77. The molecule has 8 nitrogen and oxygen atoms in total. The van der Waals surface area contributed by atoms with Crippen LogP contribution < -0.4 is 0 Å². The van der Waals surface area contributed by atoms with Crippen LogP contribution in [0, 0.1) is 0 Å². The van der Waals surface area contributed by atoms with Gasteiger partial charge in [0, 0.05) is 58.5 Å². The maximum atomic E-state index is 12.9. The van der Waals surface area contributed by atoms with Gasteiger partial charge in [-0.15, -0.1) is 10.2 Å². The second-order valence-corrected chi connectivity index (χ2v) is 7.58. The average Bonchev–Trinajstić information content (AvgIpc) is 3.32. The quantitative estimate of drug-likeness (QED) is 0.764. The van der Waals surface area contributed by atoms with Crippen LogP contribution in [0.2, 0.25) is 0 Å². The smallest absolute Gasteiger partial charge is 0.255 e. The highest BCUT2D eigenvalue weighted by Gasteiger charge is 2.28. The second-order valence-electron chi connectivity index (χ2n) is 7.58. The van der Waals surface area contributed by atoms with Crippen molar-refractivity contribution in [3.63, 3.8) is 0 Å². The van der Waals surface area contributed by atoms with Gasteiger partial charge in [-0.1, -0.05) is 0 Å². The van der Waals surface area contributed by atoms with E-state index in [4.69, 9.17) is 4.74 Å². The SMILES string of the molecule is COCCN1CC[C@H](c2nnc3ccc(C(=O)N4CCN(C)CC4)cn23)C1. The molecule has 1 amide bonds. The highest BCUT2D eigenvalue weighted by Crippen LogP contribution is 2.26. The van der Waals surface area contributed by atoms with Gasteiger partial charge in [-0.3, -0.25) is 9.20 Å². The number of amides is 1. The number of aromatic nitrogens is 3. The molecule has 0 unspecified atom stereocenters. The predicted octanol–water partition coefficient (Wildman–Crippen LogP) is 0.553. The number of carbonyl (C=O) groups is 1. The molecule has 2 aliphatic heterocycles. The van der Waals surface area contributed by atoms with Crippen molar-refractivity contribution in [1.29, 1.82) is 0 Å². The maximum Gasteiger partial charge on any atom is 0.255 e. The standard InChI is InChI=1S/C19H28N6O2/c1-22-7-9-24(10-8-22)19(26)16-3-4-17-20-21-18(25(17)14-16)15-5-6-23(13-15)11-12-27-2/h3-4,14-15H,5-13H2,1-2H3/t15-/m0/s1. The Morgan fingerprint density at radius 1 is 1.19 bits per heavy atom. The summed E-state index contributed by atoms with van der Waals surface area (Å²) in [4.78, 5) is 19.5. The van der Waals surface area contributed by atoms with Crippen LogP contribution in [0.4, 0.5) is 0 Å². The summed E-state index contributed by atoms with van der Waals surface area (Å²) in [7, 11) is 3.83. The van der Waals surface area contributed by atoms with Crippen LogP contribution in [0.3, 0.4) is 0 Å². The molecule has 0 spiro atoms. The molecule has 0 saturated carbocycles. The number of methoxy groups -OCH3 is 1. The molecule has 0 aromatic carbocycles. The van der Waals surface area contributed by atoms with Crippen LogP contribution in [-0.4, -0.2) is 102 Å². The summed E-state index contributed by atoms with van der Waals surface area (Å²) in [5.41, 5.74) is 1.51. The summed E-state index contributed by atoms with van der Waals surface area (Å²) >= 11 is 0. The fraction of sp³-hybridized carbons (Fsp3) is 0.632. The van der Waals surface area contributed by atoms with E-state index in [-0.39, 0.29) is 5.91 Å². The first-order chi connectivity index (χ1) is 13.2. The first-order valence-corrected chi connectivity index (χ1v) is 9.69. The van der Waals surface area contributed by atoms with Crippen LogP contribution in [-0.2, 0) is 4.74 Å². The Hall–Kier alpha value is -2.03. The van der Waals surface area contributed by atoms with E-state index in [1.807, 2.05) is 27.6 Å². The molecule has 0 bridgehead atoms. The van der Waals surface area contributed by atoms with E-state index >= 15 is 0 Å². The summed E-state index contributed by atoms with van der Waals surface area (Å²) in [6.45, 7) is 7.09. The first-order valence-electron chi connectivity index (χ1n) is 9.69. The Morgan fingerprint density at radius 2 is 2.00 bits per heavy atom. The molecule has 0 aliphatic carbocycles. The number of nitrogens with zero attached hydrogens (tertiary/aromatic N) is 6. The van der Waals surface area contributed by atoms with E-state index in [0.717, 1.165) is 70.3 Å². The fourth-order valence-electron chi connectivity index (χ4n) is 3.97. The van der Waals surface area contributed by atoms with Gasteiger partial charge in [0.1, 0.15) is 5.82 Å². The Kier molecular flexibility index (Phi) is 5.38. The van der Waals surface area contributed by atoms with Gasteiger partial charge in [0.05, 0.1) is 12.2 Å². The van der Waals surface area contributed by atoms with Gasteiger partial charge in [0.15, 0.2) is 5.65 Å². The van der Waals surface area contributed by atoms with Crippen molar-refractivity contribution in [2.24, 2.45) is 0 Å². The van der Waals surface area contributed by atoms with Gasteiger partial charge in [0.2, 0.25) is 0 Å². The lowest BCUT2D eigenvalue weighted by molar-refractivity contribution is 0.0663. The molecule has 27 heavy (non-hydrogen) atoms. The van der Waals surface area contributed by atoms with Crippen molar-refractivity contribution < 1.29 is 9.53 Å². The minimum atomic E-state index is 0.0952. The largest absolute Gasteiger partial charge is 0.383 e. The number of piperazine rings is 1. The molecule has 1 atom stereocenters. The van der Waals surface area contributed by atoms with Gasteiger partial charge in [0.25, 0.3) is 5.91 Å². The Balaban J connectivity index is 1.52. The number of likely N-dealkylation sites (tertiary alicyclic amines) is 1. The molecule has 2 aromatic rings. The van der Waals surface area contributed by atoms with Crippen LogP contribution in [0.5, 0.6) is 0 Å². The van der Waals surface area contributed by atoms with E-state index in [2.05, 4.69) is 27.0 Å². The van der Waals surface area contributed by atoms with Crippen molar-refractivity contribution in [3.8, 4) is 0 Å². The lowest BCUT2D eigenvalue weighted by Crippen LogP contribution is -2.47. The van der Waals surface area contributed by atoms with Crippen LogP contribution in [0.1, 0.15) is 28.5 Å². The predicted molar refractivity (Wildman–Crippen MR) is 102 cm³/mol. The number of carbonyl (C=O) groups excluding carboxylic acids is 1. The zero-order valence-corrected chi connectivity index (χ0v) is 16.2. The van der Waals surface area contributed by atoms with Gasteiger partial charge >= 0.3 is 0 Å². The Bertz CT molecular complexity index is 799. The third-order valence-corrected chi connectivity index (χ3v) is 5.72. The summed E-state index contributed by atoms with van der Waals surface area (Å²) in [5.74, 6) is 1.39. The van der Waals surface area contributed by atoms with Crippen molar-refractivity contribution in [1.82, 2.24) is 29.3 Å². The summed E-state index contributed by atoms with van der Waals surface area (Å²) < 4.78 is 7.19. The monoisotopic (exact) mass is 372 g/mol. The van der Waals surface area contributed by atoms with Crippen LogP contribution in [0.25, 0.3) is 5.65 Å². The normalized spacial score (nSPS) is 22.0. The lowest BCUT2D eigenvalue weighted by atomic mass is 10.1. The van der Waals surface area contributed by atoms with Crippen LogP contribution in [0.15, 0.2) is 18.3 Å². The Labute approximate surface area is 159 Å². The molecule has 146 valence electrons. The van der Waals surface area contributed by atoms with E-state index in [1.54, 1.807) is 7.11 Å². The second kappa shape index (κ2) is 7.92. The zero-order chi connectivity index (χ0) is 18.8. The van der Waals surface area contributed by atoms with E-state index in [1.165, 1.54) is 0 Å². The molecular weight excluding hydrogens is 344 g/mol. The third-order valence-electron chi connectivity index (χ3n) is 5.72. The minimum Gasteiger partial charge on any atom is -0.383 e. The third kappa shape index (κ3) is 3.83.